The van der Waals surface area contributed by atoms with Gasteiger partial charge >= 0.3 is 5.97 Å². The Hall–Kier alpha value is -1.89. The number of carbonyl (C=O) groups is 2. The zero-order valence-electron chi connectivity index (χ0n) is 11.0. The summed E-state index contributed by atoms with van der Waals surface area (Å²) in [4.78, 5) is 23.0. The lowest BCUT2D eigenvalue weighted by Crippen LogP contribution is -2.31. The summed E-state index contributed by atoms with van der Waals surface area (Å²) in [5.41, 5.74) is 0.539. The predicted molar refractivity (Wildman–Crippen MR) is 66.4 cm³/mol. The Balaban J connectivity index is 1.92. The molecule has 7 nitrogen and oxygen atoms in total. The van der Waals surface area contributed by atoms with Gasteiger partial charge in [0.1, 0.15) is 12.6 Å². The van der Waals surface area contributed by atoms with E-state index in [1.165, 1.54) is 18.0 Å². The fourth-order valence-electron chi connectivity index (χ4n) is 1.96. The van der Waals surface area contributed by atoms with Gasteiger partial charge in [-0.15, -0.1) is 0 Å². The fourth-order valence-corrected chi connectivity index (χ4v) is 1.96. The zero-order chi connectivity index (χ0) is 13.8. The van der Waals surface area contributed by atoms with Crippen LogP contribution in [0.1, 0.15) is 13.3 Å². The highest BCUT2D eigenvalue weighted by molar-refractivity contribution is 5.94. The minimum atomic E-state index is -0.413. The van der Waals surface area contributed by atoms with E-state index in [9.17, 15) is 9.59 Å². The molecule has 0 aliphatic carbocycles. The maximum absolute atomic E-state index is 11.9. The van der Waals surface area contributed by atoms with Crippen molar-refractivity contribution in [2.75, 3.05) is 19.0 Å². The Morgan fingerprint density at radius 3 is 3.05 bits per heavy atom. The number of aromatic nitrogens is 2. The maximum Gasteiger partial charge on any atom is 0.327 e. The number of anilines is 1. The van der Waals surface area contributed by atoms with E-state index in [1.54, 1.807) is 6.20 Å². The highest BCUT2D eigenvalue weighted by atomic mass is 16.5. The molecule has 1 aliphatic rings. The van der Waals surface area contributed by atoms with Crippen LogP contribution >= 0.6 is 0 Å². The lowest BCUT2D eigenvalue weighted by Gasteiger charge is -2.13. The van der Waals surface area contributed by atoms with Crippen LogP contribution in [0, 0.1) is 5.92 Å². The minimum Gasteiger partial charge on any atom is -0.468 e. The third-order valence-electron chi connectivity index (χ3n) is 3.07. The molecule has 1 saturated heterocycles. The summed E-state index contributed by atoms with van der Waals surface area (Å²) in [6.45, 7) is 2.61. The number of ether oxygens (including phenoxy) is 2. The zero-order valence-corrected chi connectivity index (χ0v) is 11.0. The molecule has 0 spiro atoms. The van der Waals surface area contributed by atoms with E-state index in [4.69, 9.17) is 4.74 Å². The minimum absolute atomic E-state index is 0.0166. The average Bonchev–Trinajstić information content (AvgIpc) is 2.98. The first kappa shape index (κ1) is 13.5. The Kier molecular flexibility index (Phi) is 4.16. The number of nitrogens with zero attached hydrogens (tertiary/aromatic N) is 2. The van der Waals surface area contributed by atoms with Gasteiger partial charge in [-0.2, -0.15) is 5.10 Å². The topological polar surface area (TPSA) is 82.5 Å². The standard InChI is InChI=1S/C12H17N3O4/c1-8-3-4-19-11(8)12(17)14-9-5-13-15(6-9)7-10(16)18-2/h5-6,8,11H,3-4,7H2,1-2H3,(H,14,17). The molecule has 2 rings (SSSR count). The summed E-state index contributed by atoms with van der Waals surface area (Å²) in [6, 6.07) is 0. The normalized spacial score (nSPS) is 22.2. The quantitative estimate of drug-likeness (QED) is 0.799. The number of hydrogen-bond acceptors (Lipinski definition) is 5. The first-order valence-corrected chi connectivity index (χ1v) is 6.12. The molecule has 1 aliphatic heterocycles. The number of nitrogens with one attached hydrogen (secondary N) is 1. The molecule has 2 heterocycles. The van der Waals surface area contributed by atoms with Crippen LogP contribution in [-0.4, -0.2) is 41.5 Å². The lowest BCUT2D eigenvalue weighted by molar-refractivity contribution is -0.141. The molecule has 0 radical (unpaired) electrons. The van der Waals surface area contributed by atoms with Crippen LogP contribution in [0.2, 0.25) is 0 Å². The van der Waals surface area contributed by atoms with Crippen LogP contribution < -0.4 is 5.32 Å². The molecule has 7 heteroatoms. The summed E-state index contributed by atoms with van der Waals surface area (Å²) < 4.78 is 11.3. The molecular formula is C12H17N3O4. The second-order valence-corrected chi connectivity index (χ2v) is 4.55. The second-order valence-electron chi connectivity index (χ2n) is 4.55. The van der Waals surface area contributed by atoms with E-state index in [1.807, 2.05) is 6.92 Å². The van der Waals surface area contributed by atoms with E-state index in [0.717, 1.165) is 6.42 Å². The maximum atomic E-state index is 11.9. The largest absolute Gasteiger partial charge is 0.468 e. The Labute approximate surface area is 110 Å². The summed E-state index contributed by atoms with van der Waals surface area (Å²) in [5, 5.41) is 6.69. The Morgan fingerprint density at radius 1 is 1.63 bits per heavy atom. The van der Waals surface area contributed by atoms with Crippen molar-refractivity contribution >= 4 is 17.6 Å². The molecule has 0 aromatic carbocycles. The van der Waals surface area contributed by atoms with Gasteiger partial charge in [0.15, 0.2) is 0 Å². The van der Waals surface area contributed by atoms with Crippen LogP contribution in [-0.2, 0) is 25.6 Å². The molecular weight excluding hydrogens is 250 g/mol. The number of carbonyl (C=O) groups excluding carboxylic acids is 2. The van der Waals surface area contributed by atoms with E-state index < -0.39 is 12.1 Å². The van der Waals surface area contributed by atoms with E-state index >= 15 is 0 Å². The van der Waals surface area contributed by atoms with Gasteiger partial charge in [0.2, 0.25) is 0 Å². The van der Waals surface area contributed by atoms with Crippen molar-refractivity contribution < 1.29 is 19.1 Å². The van der Waals surface area contributed by atoms with Gasteiger partial charge in [0.25, 0.3) is 5.91 Å². The van der Waals surface area contributed by atoms with Crippen molar-refractivity contribution in [3.05, 3.63) is 12.4 Å². The average molecular weight is 267 g/mol. The van der Waals surface area contributed by atoms with Crippen LogP contribution in [0.25, 0.3) is 0 Å². The molecule has 1 aromatic rings. The van der Waals surface area contributed by atoms with E-state index in [2.05, 4.69) is 15.2 Å². The SMILES string of the molecule is COC(=O)Cn1cc(NC(=O)C2OCCC2C)cn1. The van der Waals surface area contributed by atoms with Crippen LogP contribution in [0.4, 0.5) is 5.69 Å². The Bertz CT molecular complexity index is 471. The predicted octanol–water partition coefficient (Wildman–Crippen LogP) is 0.420. The van der Waals surface area contributed by atoms with Gasteiger partial charge in [0.05, 0.1) is 19.0 Å². The van der Waals surface area contributed by atoms with Gasteiger partial charge < -0.3 is 14.8 Å². The van der Waals surface area contributed by atoms with Crippen molar-refractivity contribution in [2.24, 2.45) is 5.92 Å². The summed E-state index contributed by atoms with van der Waals surface area (Å²) >= 11 is 0. The number of methoxy groups -OCH3 is 1. The summed E-state index contributed by atoms with van der Waals surface area (Å²) in [6.07, 6.45) is 3.54. The molecule has 2 atom stereocenters. The van der Waals surface area contributed by atoms with Crippen molar-refractivity contribution in [3.8, 4) is 0 Å². The number of rotatable bonds is 4. The van der Waals surface area contributed by atoms with Crippen molar-refractivity contribution in [2.45, 2.75) is 26.0 Å². The smallest absolute Gasteiger partial charge is 0.327 e. The molecule has 1 aromatic heterocycles. The van der Waals surface area contributed by atoms with Gasteiger partial charge in [-0.1, -0.05) is 6.92 Å². The number of esters is 1. The van der Waals surface area contributed by atoms with Gasteiger partial charge in [-0.05, 0) is 12.3 Å². The molecule has 0 saturated carbocycles. The molecule has 2 unspecified atom stereocenters. The van der Waals surface area contributed by atoms with Gasteiger partial charge in [0, 0.05) is 12.8 Å². The highest BCUT2D eigenvalue weighted by Gasteiger charge is 2.30. The monoisotopic (exact) mass is 267 g/mol. The van der Waals surface area contributed by atoms with Crippen molar-refractivity contribution in [1.29, 1.82) is 0 Å². The third-order valence-corrected chi connectivity index (χ3v) is 3.07. The third kappa shape index (κ3) is 3.31. The lowest BCUT2D eigenvalue weighted by atomic mass is 10.0. The molecule has 104 valence electrons. The van der Waals surface area contributed by atoms with Gasteiger partial charge in [-0.25, -0.2) is 0 Å². The molecule has 1 N–H and O–H groups in total. The van der Waals surface area contributed by atoms with E-state index in [0.29, 0.717) is 12.3 Å². The van der Waals surface area contributed by atoms with Crippen molar-refractivity contribution in [1.82, 2.24) is 9.78 Å². The van der Waals surface area contributed by atoms with Crippen LogP contribution in [0.3, 0.4) is 0 Å². The fraction of sp³-hybridized carbons (Fsp3) is 0.583. The number of amides is 1. The molecule has 19 heavy (non-hydrogen) atoms. The number of hydrogen-bond donors (Lipinski definition) is 1. The first-order chi connectivity index (χ1) is 9.10. The summed E-state index contributed by atoms with van der Waals surface area (Å²) in [5.74, 6) is -0.360. The van der Waals surface area contributed by atoms with Gasteiger partial charge in [-0.3, -0.25) is 14.3 Å². The second kappa shape index (κ2) is 5.83. The summed E-state index contributed by atoms with van der Waals surface area (Å²) in [7, 11) is 1.31. The van der Waals surface area contributed by atoms with Crippen LogP contribution in [0.5, 0.6) is 0 Å². The van der Waals surface area contributed by atoms with Crippen molar-refractivity contribution in [3.63, 3.8) is 0 Å². The Morgan fingerprint density at radius 2 is 2.42 bits per heavy atom. The van der Waals surface area contributed by atoms with E-state index in [-0.39, 0.29) is 18.4 Å². The molecule has 1 fully saturated rings. The van der Waals surface area contributed by atoms with Crippen LogP contribution in [0.15, 0.2) is 12.4 Å². The molecule has 0 bridgehead atoms. The highest BCUT2D eigenvalue weighted by Crippen LogP contribution is 2.21. The molecule has 1 amide bonds. The first-order valence-electron chi connectivity index (χ1n) is 6.12.